The van der Waals surface area contributed by atoms with Crippen LogP contribution in [0.15, 0.2) is 89.9 Å². The molecule has 1 unspecified atom stereocenters. The third kappa shape index (κ3) is 3.96. The molecule has 0 aromatic heterocycles. The van der Waals surface area contributed by atoms with Crippen molar-refractivity contribution in [2.24, 2.45) is 4.99 Å². The summed E-state index contributed by atoms with van der Waals surface area (Å²) in [5.41, 5.74) is 4.27. The predicted molar refractivity (Wildman–Crippen MR) is 113 cm³/mol. The van der Waals surface area contributed by atoms with E-state index >= 15 is 0 Å². The van der Waals surface area contributed by atoms with Gasteiger partial charge in [-0.1, -0.05) is 84.6 Å². The highest BCUT2D eigenvalue weighted by Crippen LogP contribution is 2.38. The van der Waals surface area contributed by atoms with E-state index in [9.17, 15) is 4.79 Å². The minimum Gasteiger partial charge on any atom is -0.304 e. The van der Waals surface area contributed by atoms with Crippen molar-refractivity contribution in [1.82, 2.24) is 5.32 Å². The van der Waals surface area contributed by atoms with Crippen LogP contribution in [0.1, 0.15) is 22.6 Å². The Morgan fingerprint density at radius 2 is 1.52 bits per heavy atom. The molecule has 1 saturated heterocycles. The Hall–Kier alpha value is -2.85. The quantitative estimate of drug-likeness (QED) is 0.696. The summed E-state index contributed by atoms with van der Waals surface area (Å²) in [6.07, 6.45) is 0. The molecule has 1 atom stereocenters. The van der Waals surface area contributed by atoms with Crippen LogP contribution in [0.2, 0.25) is 0 Å². The van der Waals surface area contributed by atoms with Crippen molar-refractivity contribution in [3.8, 4) is 0 Å². The highest BCUT2D eigenvalue weighted by atomic mass is 32.2. The van der Waals surface area contributed by atoms with E-state index in [-0.39, 0.29) is 17.1 Å². The first-order valence-corrected chi connectivity index (χ1v) is 9.81. The van der Waals surface area contributed by atoms with E-state index in [1.807, 2.05) is 67.6 Å². The number of nitrogens with one attached hydrogen (secondary N) is 1. The largest absolute Gasteiger partial charge is 0.304 e. The highest BCUT2D eigenvalue weighted by Gasteiger charge is 2.38. The van der Waals surface area contributed by atoms with Crippen molar-refractivity contribution < 1.29 is 4.79 Å². The second-order valence-corrected chi connectivity index (χ2v) is 7.71. The zero-order valence-corrected chi connectivity index (χ0v) is 15.8. The number of rotatable bonds is 4. The van der Waals surface area contributed by atoms with Crippen molar-refractivity contribution >= 4 is 28.5 Å². The fraction of sp³-hybridized carbons (Fsp3) is 0.130. The number of amides is 1. The van der Waals surface area contributed by atoms with Crippen LogP contribution in [-0.4, -0.2) is 16.3 Å². The molecule has 1 aliphatic heterocycles. The van der Waals surface area contributed by atoms with Crippen LogP contribution < -0.4 is 5.32 Å². The molecule has 3 nitrogen and oxygen atoms in total. The van der Waals surface area contributed by atoms with Gasteiger partial charge in [-0.25, -0.2) is 4.99 Å². The van der Waals surface area contributed by atoms with Gasteiger partial charge in [0.15, 0.2) is 5.17 Å². The Morgan fingerprint density at radius 3 is 2.11 bits per heavy atom. The third-order valence-corrected chi connectivity index (χ3v) is 5.74. The average molecular weight is 372 g/mol. The first-order chi connectivity index (χ1) is 13.2. The fourth-order valence-corrected chi connectivity index (χ4v) is 4.51. The van der Waals surface area contributed by atoms with E-state index in [1.165, 1.54) is 11.8 Å². The second-order valence-electron chi connectivity index (χ2n) is 6.58. The maximum absolute atomic E-state index is 12.8. The second kappa shape index (κ2) is 7.80. The fourth-order valence-electron chi connectivity index (χ4n) is 3.33. The monoisotopic (exact) mass is 372 g/mol. The third-order valence-electron chi connectivity index (χ3n) is 4.58. The van der Waals surface area contributed by atoms with Gasteiger partial charge in [0.05, 0.1) is 5.69 Å². The van der Waals surface area contributed by atoms with Gasteiger partial charge < -0.3 is 5.32 Å². The highest BCUT2D eigenvalue weighted by molar-refractivity contribution is 8.15. The van der Waals surface area contributed by atoms with Gasteiger partial charge in [0.25, 0.3) is 0 Å². The normalized spacial score (nSPS) is 18.1. The maximum atomic E-state index is 12.8. The van der Waals surface area contributed by atoms with Crippen LogP contribution in [0.25, 0.3) is 0 Å². The van der Waals surface area contributed by atoms with Crippen LogP contribution in [-0.2, 0) is 4.79 Å². The maximum Gasteiger partial charge on any atom is 0.240 e. The molecule has 4 heteroatoms. The Morgan fingerprint density at radius 1 is 0.889 bits per heavy atom. The minimum absolute atomic E-state index is 0.00380. The van der Waals surface area contributed by atoms with Gasteiger partial charge in [0, 0.05) is 5.92 Å². The van der Waals surface area contributed by atoms with Crippen molar-refractivity contribution in [3.63, 3.8) is 0 Å². The molecule has 0 aliphatic carbocycles. The van der Waals surface area contributed by atoms with E-state index in [1.54, 1.807) is 0 Å². The van der Waals surface area contributed by atoms with Crippen LogP contribution in [0, 0.1) is 6.92 Å². The van der Waals surface area contributed by atoms with Gasteiger partial charge in [0.1, 0.15) is 5.25 Å². The zero-order valence-electron chi connectivity index (χ0n) is 15.0. The van der Waals surface area contributed by atoms with E-state index in [0.717, 1.165) is 22.4 Å². The van der Waals surface area contributed by atoms with E-state index in [4.69, 9.17) is 0 Å². The Balaban J connectivity index is 1.68. The molecule has 0 radical (unpaired) electrons. The van der Waals surface area contributed by atoms with Gasteiger partial charge in [0.2, 0.25) is 5.91 Å². The van der Waals surface area contributed by atoms with Crippen LogP contribution >= 0.6 is 11.8 Å². The summed E-state index contributed by atoms with van der Waals surface area (Å²) in [6, 6.07) is 28.4. The number of hydrogen-bond acceptors (Lipinski definition) is 3. The topological polar surface area (TPSA) is 41.5 Å². The lowest BCUT2D eigenvalue weighted by atomic mass is 9.88. The van der Waals surface area contributed by atoms with Crippen molar-refractivity contribution in [1.29, 1.82) is 0 Å². The van der Waals surface area contributed by atoms with Gasteiger partial charge in [-0.2, -0.15) is 0 Å². The van der Waals surface area contributed by atoms with Crippen molar-refractivity contribution in [2.75, 3.05) is 0 Å². The van der Waals surface area contributed by atoms with E-state index < -0.39 is 0 Å². The lowest BCUT2D eigenvalue weighted by Crippen LogP contribution is -2.29. The number of aliphatic imine (C=N–C) groups is 1. The first-order valence-electron chi connectivity index (χ1n) is 8.93. The first kappa shape index (κ1) is 17.6. The summed E-state index contributed by atoms with van der Waals surface area (Å²) in [7, 11) is 0. The number of nitrogens with zero attached hydrogens (tertiary/aromatic N) is 1. The van der Waals surface area contributed by atoms with Crippen molar-refractivity contribution in [2.45, 2.75) is 18.1 Å². The van der Waals surface area contributed by atoms with E-state index in [2.05, 4.69) is 34.6 Å². The summed E-state index contributed by atoms with van der Waals surface area (Å²) < 4.78 is 0. The van der Waals surface area contributed by atoms with Gasteiger partial charge >= 0.3 is 0 Å². The molecule has 134 valence electrons. The average Bonchev–Trinajstić information content (AvgIpc) is 3.03. The summed E-state index contributed by atoms with van der Waals surface area (Å²) in [6.45, 7) is 2.04. The minimum atomic E-state index is -0.252. The number of thioether (sulfide) groups is 1. The number of aryl methyl sites for hydroxylation is 1. The molecule has 27 heavy (non-hydrogen) atoms. The molecule has 0 bridgehead atoms. The summed E-state index contributed by atoms with van der Waals surface area (Å²) in [4.78, 5) is 17.5. The smallest absolute Gasteiger partial charge is 0.240 e. The molecule has 0 spiro atoms. The van der Waals surface area contributed by atoms with Crippen LogP contribution in [0.3, 0.4) is 0 Å². The molecule has 3 aromatic rings. The lowest BCUT2D eigenvalue weighted by Gasteiger charge is -2.21. The van der Waals surface area contributed by atoms with Gasteiger partial charge in [-0.15, -0.1) is 0 Å². The molecule has 4 rings (SSSR count). The van der Waals surface area contributed by atoms with Crippen LogP contribution in [0.4, 0.5) is 5.69 Å². The van der Waals surface area contributed by atoms with Crippen LogP contribution in [0.5, 0.6) is 0 Å². The number of carbonyl (C=O) groups is 1. The van der Waals surface area contributed by atoms with Gasteiger partial charge in [-0.3, -0.25) is 4.79 Å². The van der Waals surface area contributed by atoms with Gasteiger partial charge in [-0.05, 0) is 35.7 Å². The number of amidine groups is 1. The standard InChI is InChI=1S/C23H20N2OS/c1-16-9-8-14-19(15-16)24-23-25-22(26)21(27-23)20(17-10-4-2-5-11-17)18-12-6-3-7-13-18/h2-15,20-21H,1H3,(H,24,25,26). The predicted octanol–water partition coefficient (Wildman–Crippen LogP) is 5.05. The molecule has 1 amide bonds. The molecule has 0 saturated carbocycles. The molecule has 3 aromatic carbocycles. The Labute approximate surface area is 163 Å². The number of benzene rings is 3. The van der Waals surface area contributed by atoms with Crippen molar-refractivity contribution in [3.05, 3.63) is 102 Å². The molecular formula is C23H20N2OS. The summed E-state index contributed by atoms with van der Waals surface area (Å²) in [5, 5.41) is 3.37. The molecule has 1 N–H and O–H groups in total. The molecule has 1 aliphatic rings. The number of carbonyl (C=O) groups excluding carboxylic acids is 1. The summed E-state index contributed by atoms with van der Waals surface area (Å²) >= 11 is 1.51. The molecule has 1 fully saturated rings. The zero-order chi connectivity index (χ0) is 18.6. The molecule has 1 heterocycles. The Kier molecular flexibility index (Phi) is 5.07. The molecular weight excluding hydrogens is 352 g/mol. The number of hydrogen-bond donors (Lipinski definition) is 1. The SMILES string of the molecule is Cc1cccc(N=C2NC(=O)C(C(c3ccccc3)c3ccccc3)S2)c1. The summed E-state index contributed by atoms with van der Waals surface area (Å²) in [5.74, 6) is -0.0216. The van der Waals surface area contributed by atoms with E-state index in [0.29, 0.717) is 5.17 Å². The lowest BCUT2D eigenvalue weighted by molar-refractivity contribution is -0.119. The Bertz CT molecular complexity index is 930.